The molecule has 0 saturated heterocycles. The Labute approximate surface area is 147 Å². The Morgan fingerprint density at radius 2 is 1.84 bits per heavy atom. The lowest BCUT2D eigenvalue weighted by molar-refractivity contribution is -0.145. The Morgan fingerprint density at radius 3 is 2.48 bits per heavy atom. The van der Waals surface area contributed by atoms with Gasteiger partial charge in [-0.2, -0.15) is 0 Å². The number of carbonyl (C=O) groups excluding carboxylic acids is 2. The lowest BCUT2D eigenvalue weighted by Gasteiger charge is -2.42. The number of rotatable bonds is 5. The van der Waals surface area contributed by atoms with E-state index in [2.05, 4.69) is 0 Å². The SMILES string of the molecule is COC1=CC(=O)[C@]2(C)CC=C[C@@H](OCc3ccc(OC)cc3)[C@H]2C1=O. The van der Waals surface area contributed by atoms with Gasteiger partial charge in [0, 0.05) is 11.5 Å². The van der Waals surface area contributed by atoms with Gasteiger partial charge in [-0.3, -0.25) is 9.59 Å². The summed E-state index contributed by atoms with van der Waals surface area (Å²) in [6, 6.07) is 7.55. The second-order valence-corrected chi connectivity index (χ2v) is 6.59. The van der Waals surface area contributed by atoms with E-state index in [-0.39, 0.29) is 17.3 Å². The first-order valence-corrected chi connectivity index (χ1v) is 8.25. The van der Waals surface area contributed by atoms with Crippen molar-refractivity contribution in [2.75, 3.05) is 14.2 Å². The molecule has 0 heterocycles. The third-order valence-electron chi connectivity index (χ3n) is 5.05. The number of ketones is 2. The molecule has 0 radical (unpaired) electrons. The number of hydrogen-bond acceptors (Lipinski definition) is 5. The van der Waals surface area contributed by atoms with Crippen LogP contribution in [0, 0.1) is 11.3 Å². The highest BCUT2D eigenvalue weighted by Crippen LogP contribution is 2.45. The van der Waals surface area contributed by atoms with Crippen molar-refractivity contribution in [3.05, 3.63) is 53.8 Å². The smallest absolute Gasteiger partial charge is 0.204 e. The van der Waals surface area contributed by atoms with E-state index in [1.807, 2.05) is 43.3 Å². The minimum Gasteiger partial charge on any atom is -0.497 e. The molecule has 25 heavy (non-hydrogen) atoms. The number of fused-ring (bicyclic) bond motifs is 1. The highest BCUT2D eigenvalue weighted by atomic mass is 16.5. The molecule has 3 rings (SSSR count). The molecular weight excluding hydrogens is 320 g/mol. The molecule has 0 aromatic heterocycles. The van der Waals surface area contributed by atoms with Crippen molar-refractivity contribution < 1.29 is 23.8 Å². The fourth-order valence-corrected chi connectivity index (χ4v) is 3.47. The van der Waals surface area contributed by atoms with E-state index in [0.717, 1.165) is 11.3 Å². The first kappa shape index (κ1) is 17.4. The summed E-state index contributed by atoms with van der Waals surface area (Å²) in [7, 11) is 3.03. The molecular formula is C20H22O5. The van der Waals surface area contributed by atoms with E-state index in [1.165, 1.54) is 13.2 Å². The van der Waals surface area contributed by atoms with E-state index < -0.39 is 17.4 Å². The predicted octanol–water partition coefficient (Wildman–Crippen LogP) is 2.84. The zero-order valence-electron chi connectivity index (χ0n) is 14.7. The molecule has 0 saturated carbocycles. The van der Waals surface area contributed by atoms with Crippen LogP contribution >= 0.6 is 0 Å². The van der Waals surface area contributed by atoms with Gasteiger partial charge >= 0.3 is 0 Å². The van der Waals surface area contributed by atoms with Crippen LogP contribution in [0.3, 0.4) is 0 Å². The van der Waals surface area contributed by atoms with E-state index in [4.69, 9.17) is 14.2 Å². The van der Waals surface area contributed by atoms with Gasteiger partial charge in [0.05, 0.1) is 32.8 Å². The number of ether oxygens (including phenoxy) is 3. The average molecular weight is 342 g/mol. The van der Waals surface area contributed by atoms with E-state index >= 15 is 0 Å². The third-order valence-corrected chi connectivity index (χ3v) is 5.05. The summed E-state index contributed by atoms with van der Waals surface area (Å²) in [6.45, 7) is 2.17. The van der Waals surface area contributed by atoms with Gasteiger partial charge in [0.25, 0.3) is 0 Å². The van der Waals surface area contributed by atoms with Crippen molar-refractivity contribution in [2.45, 2.75) is 26.1 Å². The van der Waals surface area contributed by atoms with Crippen molar-refractivity contribution in [1.29, 1.82) is 0 Å². The van der Waals surface area contributed by atoms with Crippen LogP contribution in [-0.2, 0) is 25.7 Å². The highest BCUT2D eigenvalue weighted by molar-refractivity contribution is 6.11. The number of allylic oxidation sites excluding steroid dienone is 3. The molecule has 132 valence electrons. The zero-order chi connectivity index (χ0) is 18.0. The summed E-state index contributed by atoms with van der Waals surface area (Å²) in [4.78, 5) is 25.3. The van der Waals surface area contributed by atoms with Crippen LogP contribution in [-0.4, -0.2) is 31.9 Å². The van der Waals surface area contributed by atoms with Crippen LogP contribution in [0.4, 0.5) is 0 Å². The molecule has 0 bridgehead atoms. The molecule has 5 heteroatoms. The average Bonchev–Trinajstić information content (AvgIpc) is 2.63. The predicted molar refractivity (Wildman–Crippen MR) is 92.0 cm³/mol. The van der Waals surface area contributed by atoms with Gasteiger partial charge in [0.1, 0.15) is 5.75 Å². The van der Waals surface area contributed by atoms with E-state index in [9.17, 15) is 9.59 Å². The molecule has 0 fully saturated rings. The molecule has 0 unspecified atom stereocenters. The Kier molecular flexibility index (Phi) is 4.77. The van der Waals surface area contributed by atoms with Gasteiger partial charge in [-0.1, -0.05) is 31.2 Å². The Bertz CT molecular complexity index is 731. The standard InChI is InChI=1S/C20H22O5/c1-20-10-4-5-15(18(20)19(22)16(24-3)11-17(20)21)25-12-13-6-8-14(23-2)9-7-13/h4-9,11,15,18H,10,12H2,1-3H3/t15-,18+,20+/m1/s1. The van der Waals surface area contributed by atoms with Gasteiger partial charge in [0.2, 0.25) is 5.78 Å². The molecule has 5 nitrogen and oxygen atoms in total. The maximum absolute atomic E-state index is 12.8. The van der Waals surface area contributed by atoms with E-state index in [0.29, 0.717) is 13.0 Å². The molecule has 1 aromatic carbocycles. The van der Waals surface area contributed by atoms with Crippen LogP contribution < -0.4 is 4.74 Å². The Morgan fingerprint density at radius 1 is 1.12 bits per heavy atom. The summed E-state index contributed by atoms with van der Waals surface area (Å²) < 4.78 is 16.3. The minimum absolute atomic E-state index is 0.0867. The third kappa shape index (κ3) is 3.12. The second-order valence-electron chi connectivity index (χ2n) is 6.59. The van der Waals surface area contributed by atoms with Crippen molar-refractivity contribution in [1.82, 2.24) is 0 Å². The monoisotopic (exact) mass is 342 g/mol. The largest absolute Gasteiger partial charge is 0.497 e. The summed E-state index contributed by atoms with van der Waals surface area (Å²) in [6.07, 6.45) is 5.18. The summed E-state index contributed by atoms with van der Waals surface area (Å²) in [5, 5.41) is 0. The number of carbonyl (C=O) groups is 2. The first-order valence-electron chi connectivity index (χ1n) is 8.25. The summed E-state index contributed by atoms with van der Waals surface area (Å²) >= 11 is 0. The van der Waals surface area contributed by atoms with Crippen molar-refractivity contribution in [2.24, 2.45) is 11.3 Å². The number of hydrogen-bond donors (Lipinski definition) is 0. The molecule has 0 aliphatic heterocycles. The molecule has 0 amide bonds. The fourth-order valence-electron chi connectivity index (χ4n) is 3.47. The van der Waals surface area contributed by atoms with Gasteiger partial charge in [-0.05, 0) is 24.1 Å². The maximum Gasteiger partial charge on any atom is 0.204 e. The highest BCUT2D eigenvalue weighted by Gasteiger charge is 2.53. The normalized spacial score (nSPS) is 28.4. The molecule has 2 aliphatic carbocycles. The number of Topliss-reactive ketones (excluding diaryl/α,β-unsaturated/α-hetero) is 1. The van der Waals surface area contributed by atoms with Crippen LogP contribution in [0.25, 0.3) is 0 Å². The van der Waals surface area contributed by atoms with Gasteiger partial charge in [-0.25, -0.2) is 0 Å². The fraction of sp³-hybridized carbons (Fsp3) is 0.400. The van der Waals surface area contributed by atoms with E-state index in [1.54, 1.807) is 7.11 Å². The van der Waals surface area contributed by atoms with Crippen LogP contribution in [0.15, 0.2) is 48.3 Å². The van der Waals surface area contributed by atoms with Crippen LogP contribution in [0.1, 0.15) is 18.9 Å². The number of benzene rings is 1. The van der Waals surface area contributed by atoms with Crippen molar-refractivity contribution in [3.63, 3.8) is 0 Å². The molecule has 0 N–H and O–H groups in total. The van der Waals surface area contributed by atoms with Crippen LogP contribution in [0.5, 0.6) is 5.75 Å². The van der Waals surface area contributed by atoms with Crippen molar-refractivity contribution >= 4 is 11.6 Å². The lowest BCUT2D eigenvalue weighted by Crippen LogP contribution is -2.51. The first-order chi connectivity index (χ1) is 12.0. The second kappa shape index (κ2) is 6.84. The molecule has 0 spiro atoms. The quantitative estimate of drug-likeness (QED) is 0.770. The molecule has 1 aromatic rings. The van der Waals surface area contributed by atoms with Gasteiger partial charge in [0.15, 0.2) is 11.5 Å². The van der Waals surface area contributed by atoms with Crippen LogP contribution in [0.2, 0.25) is 0 Å². The zero-order valence-corrected chi connectivity index (χ0v) is 14.7. The van der Waals surface area contributed by atoms with Gasteiger partial charge < -0.3 is 14.2 Å². The number of methoxy groups -OCH3 is 2. The summed E-state index contributed by atoms with van der Waals surface area (Å²) in [5.41, 5.74) is 0.192. The molecule has 2 aliphatic rings. The Hall–Kier alpha value is -2.40. The Balaban J connectivity index is 1.80. The molecule has 3 atom stereocenters. The minimum atomic E-state index is -0.779. The van der Waals surface area contributed by atoms with Crippen molar-refractivity contribution in [3.8, 4) is 5.75 Å². The van der Waals surface area contributed by atoms with Gasteiger partial charge in [-0.15, -0.1) is 0 Å². The topological polar surface area (TPSA) is 61.8 Å². The summed E-state index contributed by atoms with van der Waals surface area (Å²) in [5.74, 6) is 0.0610. The maximum atomic E-state index is 12.8. The lowest BCUT2D eigenvalue weighted by atomic mass is 9.62.